The molecule has 0 saturated heterocycles. The molecule has 0 radical (unpaired) electrons. The molecule has 8 nitrogen and oxygen atoms in total. The third-order valence-corrected chi connectivity index (χ3v) is 2.89. The second-order valence-corrected chi connectivity index (χ2v) is 4.53. The van der Waals surface area contributed by atoms with Crippen molar-refractivity contribution in [3.63, 3.8) is 0 Å². The second-order valence-electron chi connectivity index (χ2n) is 4.53. The smallest absolute Gasteiger partial charge is 0.226 e. The Balaban J connectivity index is 1.84. The lowest BCUT2D eigenvalue weighted by atomic mass is 10.4. The van der Waals surface area contributed by atoms with Crippen LogP contribution >= 0.6 is 0 Å². The van der Waals surface area contributed by atoms with Gasteiger partial charge in [-0.2, -0.15) is 9.97 Å². The van der Waals surface area contributed by atoms with Crippen molar-refractivity contribution in [2.75, 3.05) is 17.2 Å². The van der Waals surface area contributed by atoms with Gasteiger partial charge < -0.3 is 15.6 Å². The molecule has 0 bridgehead atoms. The minimum absolute atomic E-state index is 0.532. The summed E-state index contributed by atoms with van der Waals surface area (Å²) < 4.78 is 0. The maximum absolute atomic E-state index is 4.44. The molecule has 21 heavy (non-hydrogen) atoms. The molecule has 8 heteroatoms. The summed E-state index contributed by atoms with van der Waals surface area (Å²) in [5.41, 5.74) is 3.14. The van der Waals surface area contributed by atoms with Crippen LogP contribution in [-0.2, 0) is 6.54 Å². The maximum Gasteiger partial charge on any atom is 0.226 e. The van der Waals surface area contributed by atoms with Crippen LogP contribution in [0.1, 0.15) is 18.3 Å². The predicted molar refractivity (Wildman–Crippen MR) is 79.9 cm³/mol. The van der Waals surface area contributed by atoms with Crippen LogP contribution in [0.25, 0.3) is 11.2 Å². The van der Waals surface area contributed by atoms with Crippen LogP contribution in [0, 0.1) is 6.92 Å². The Bertz CT molecular complexity index is 734. The summed E-state index contributed by atoms with van der Waals surface area (Å²) in [6, 6.07) is 0. The van der Waals surface area contributed by atoms with E-state index in [1.165, 1.54) is 0 Å². The van der Waals surface area contributed by atoms with E-state index in [2.05, 4.69) is 40.5 Å². The summed E-state index contributed by atoms with van der Waals surface area (Å²) >= 11 is 0. The molecule has 3 aromatic heterocycles. The van der Waals surface area contributed by atoms with Gasteiger partial charge in [0, 0.05) is 12.7 Å². The summed E-state index contributed by atoms with van der Waals surface area (Å²) in [6.07, 6.45) is 5.09. The molecule has 0 aliphatic heterocycles. The average molecular weight is 284 g/mol. The number of anilines is 2. The highest BCUT2D eigenvalue weighted by atomic mass is 15.2. The van der Waals surface area contributed by atoms with Crippen molar-refractivity contribution in [2.24, 2.45) is 0 Å². The average Bonchev–Trinajstić information content (AvgIpc) is 2.95. The van der Waals surface area contributed by atoms with Crippen LogP contribution in [0.2, 0.25) is 0 Å². The minimum atomic E-state index is 0.532. The molecule has 108 valence electrons. The SMILES string of the molecule is CCNc1nc(NCc2cnc(C)cn2)c2[nH]cnc2n1. The summed E-state index contributed by atoms with van der Waals surface area (Å²) in [4.78, 5) is 24.5. The summed E-state index contributed by atoms with van der Waals surface area (Å²) in [5.74, 6) is 1.24. The van der Waals surface area contributed by atoms with Crippen molar-refractivity contribution < 1.29 is 0 Å². The second kappa shape index (κ2) is 5.70. The zero-order valence-electron chi connectivity index (χ0n) is 11.9. The Hall–Kier alpha value is -2.77. The fourth-order valence-electron chi connectivity index (χ4n) is 1.88. The normalized spacial score (nSPS) is 10.8. The van der Waals surface area contributed by atoms with Crippen molar-refractivity contribution in [3.05, 3.63) is 30.1 Å². The minimum Gasteiger partial charge on any atom is -0.362 e. The number of hydrogen-bond donors (Lipinski definition) is 3. The van der Waals surface area contributed by atoms with Gasteiger partial charge >= 0.3 is 0 Å². The van der Waals surface area contributed by atoms with E-state index in [9.17, 15) is 0 Å². The Morgan fingerprint density at radius 3 is 2.76 bits per heavy atom. The number of imidazole rings is 1. The number of hydrogen-bond acceptors (Lipinski definition) is 7. The number of nitrogens with one attached hydrogen (secondary N) is 3. The highest BCUT2D eigenvalue weighted by molar-refractivity contribution is 5.83. The summed E-state index contributed by atoms with van der Waals surface area (Å²) in [7, 11) is 0. The zero-order chi connectivity index (χ0) is 14.7. The number of aromatic amines is 1. The molecular formula is C13H16N8. The van der Waals surface area contributed by atoms with Gasteiger partial charge in [-0.05, 0) is 13.8 Å². The molecule has 0 amide bonds. The molecule has 0 saturated carbocycles. The van der Waals surface area contributed by atoms with Crippen LogP contribution < -0.4 is 10.6 Å². The van der Waals surface area contributed by atoms with Crippen LogP contribution in [0.15, 0.2) is 18.7 Å². The van der Waals surface area contributed by atoms with Crippen molar-refractivity contribution >= 4 is 22.9 Å². The quantitative estimate of drug-likeness (QED) is 0.652. The first-order chi connectivity index (χ1) is 10.3. The Labute approximate surface area is 121 Å². The van der Waals surface area contributed by atoms with Crippen LogP contribution in [0.4, 0.5) is 11.8 Å². The number of aromatic nitrogens is 6. The van der Waals surface area contributed by atoms with E-state index < -0.39 is 0 Å². The van der Waals surface area contributed by atoms with Crippen LogP contribution in [0.3, 0.4) is 0 Å². The highest BCUT2D eigenvalue weighted by Crippen LogP contribution is 2.18. The van der Waals surface area contributed by atoms with Crippen molar-refractivity contribution in [1.82, 2.24) is 29.9 Å². The van der Waals surface area contributed by atoms with E-state index in [0.29, 0.717) is 24.0 Å². The summed E-state index contributed by atoms with van der Waals surface area (Å²) in [6.45, 7) is 5.18. The number of H-pyrrole nitrogens is 1. The van der Waals surface area contributed by atoms with Gasteiger partial charge in [0.1, 0.15) is 5.52 Å². The molecule has 3 rings (SSSR count). The van der Waals surface area contributed by atoms with Crippen molar-refractivity contribution in [1.29, 1.82) is 0 Å². The topological polar surface area (TPSA) is 104 Å². The third-order valence-electron chi connectivity index (χ3n) is 2.89. The molecule has 3 heterocycles. The molecule has 0 fully saturated rings. The van der Waals surface area contributed by atoms with Gasteiger partial charge in [-0.1, -0.05) is 0 Å². The first kappa shape index (κ1) is 13.2. The van der Waals surface area contributed by atoms with Gasteiger partial charge in [-0.3, -0.25) is 9.97 Å². The van der Waals surface area contributed by atoms with E-state index in [-0.39, 0.29) is 0 Å². The fraction of sp³-hybridized carbons (Fsp3) is 0.308. The molecule has 0 spiro atoms. The van der Waals surface area contributed by atoms with Crippen LogP contribution in [-0.4, -0.2) is 36.4 Å². The lowest BCUT2D eigenvalue weighted by Crippen LogP contribution is -2.08. The van der Waals surface area contributed by atoms with E-state index in [1.807, 2.05) is 13.8 Å². The molecule has 3 aromatic rings. The first-order valence-corrected chi connectivity index (χ1v) is 6.72. The number of rotatable bonds is 5. The number of nitrogens with zero attached hydrogens (tertiary/aromatic N) is 5. The maximum atomic E-state index is 4.44. The van der Waals surface area contributed by atoms with Gasteiger partial charge in [0.25, 0.3) is 0 Å². The fourth-order valence-corrected chi connectivity index (χ4v) is 1.88. The van der Waals surface area contributed by atoms with Gasteiger partial charge in [0.2, 0.25) is 5.95 Å². The van der Waals surface area contributed by atoms with E-state index >= 15 is 0 Å². The van der Waals surface area contributed by atoms with Crippen molar-refractivity contribution in [2.45, 2.75) is 20.4 Å². The molecule has 0 unspecified atom stereocenters. The molecule has 3 N–H and O–H groups in total. The largest absolute Gasteiger partial charge is 0.362 e. The Kier molecular flexibility index (Phi) is 3.59. The lowest BCUT2D eigenvalue weighted by molar-refractivity contribution is 0.974. The molecule has 0 aliphatic carbocycles. The van der Waals surface area contributed by atoms with Gasteiger partial charge in [-0.15, -0.1) is 0 Å². The third kappa shape index (κ3) is 2.88. The molecular weight excluding hydrogens is 268 g/mol. The zero-order valence-corrected chi connectivity index (χ0v) is 11.9. The number of aryl methyl sites for hydroxylation is 1. The van der Waals surface area contributed by atoms with Gasteiger partial charge in [-0.25, -0.2) is 4.98 Å². The lowest BCUT2D eigenvalue weighted by Gasteiger charge is -2.08. The van der Waals surface area contributed by atoms with Crippen molar-refractivity contribution in [3.8, 4) is 0 Å². The monoisotopic (exact) mass is 284 g/mol. The molecule has 0 aliphatic rings. The van der Waals surface area contributed by atoms with E-state index in [4.69, 9.17) is 0 Å². The standard InChI is InChI=1S/C13H16N8/c1-3-14-13-20-11(10-12(21-13)19-7-18-10)17-6-9-5-15-8(2)4-16-9/h4-5,7H,3,6H2,1-2H3,(H3,14,17,18,19,20,21). The van der Waals surface area contributed by atoms with E-state index in [1.54, 1.807) is 18.7 Å². The first-order valence-electron chi connectivity index (χ1n) is 6.72. The number of fused-ring (bicyclic) bond motifs is 1. The summed E-state index contributed by atoms with van der Waals surface area (Å²) in [5, 5.41) is 6.33. The van der Waals surface area contributed by atoms with E-state index in [0.717, 1.165) is 23.4 Å². The Morgan fingerprint density at radius 1 is 1.10 bits per heavy atom. The molecule has 0 aromatic carbocycles. The van der Waals surface area contributed by atoms with Crippen LogP contribution in [0.5, 0.6) is 0 Å². The molecule has 0 atom stereocenters. The Morgan fingerprint density at radius 2 is 2.00 bits per heavy atom. The van der Waals surface area contributed by atoms with Gasteiger partial charge in [0.05, 0.1) is 30.5 Å². The predicted octanol–water partition coefficient (Wildman–Crippen LogP) is 1.50. The van der Waals surface area contributed by atoms with Gasteiger partial charge in [0.15, 0.2) is 11.5 Å². The highest BCUT2D eigenvalue weighted by Gasteiger charge is 2.09.